The molecule has 2 aromatic heterocycles. The highest BCUT2D eigenvalue weighted by atomic mass is 79.9. The van der Waals surface area contributed by atoms with E-state index >= 15 is 0 Å². The summed E-state index contributed by atoms with van der Waals surface area (Å²) in [5.74, 6) is 0.481. The minimum Gasteiger partial charge on any atom is -0.363 e. The van der Waals surface area contributed by atoms with Crippen LogP contribution in [0.1, 0.15) is 5.69 Å². The lowest BCUT2D eigenvalue weighted by molar-refractivity contribution is 0.916. The highest BCUT2D eigenvalue weighted by Crippen LogP contribution is 2.13. The lowest BCUT2D eigenvalue weighted by Gasteiger charge is -2.04. The second kappa shape index (κ2) is 4.84. The third-order valence-corrected chi connectivity index (χ3v) is 2.60. The van der Waals surface area contributed by atoms with Gasteiger partial charge in [0.05, 0.1) is 18.6 Å². The molecule has 0 saturated heterocycles. The van der Waals surface area contributed by atoms with Crippen LogP contribution in [0.4, 0.5) is 5.82 Å². The molecule has 0 fully saturated rings. The fourth-order valence-electron chi connectivity index (χ4n) is 1.11. The smallest absolute Gasteiger partial charge is 0.267 e. The van der Waals surface area contributed by atoms with Crippen LogP contribution in [-0.4, -0.2) is 20.2 Å². The first-order valence-electron chi connectivity index (χ1n) is 4.51. The van der Waals surface area contributed by atoms with Crippen LogP contribution < -0.4 is 10.9 Å². The fourth-order valence-corrected chi connectivity index (χ4v) is 1.47. The van der Waals surface area contributed by atoms with Crippen molar-refractivity contribution in [1.82, 2.24) is 20.2 Å². The number of H-pyrrole nitrogens is 1. The molecule has 6 nitrogen and oxygen atoms in total. The SMILES string of the molecule is O=c1[nH]cnc(NCc2cccnn2)c1Br. The summed E-state index contributed by atoms with van der Waals surface area (Å²) < 4.78 is 0.374. The monoisotopic (exact) mass is 281 g/mol. The molecule has 0 aliphatic heterocycles. The zero-order valence-corrected chi connectivity index (χ0v) is 9.73. The summed E-state index contributed by atoms with van der Waals surface area (Å²) in [6, 6.07) is 3.63. The van der Waals surface area contributed by atoms with Gasteiger partial charge in [0.15, 0.2) is 0 Å². The molecular weight excluding hydrogens is 274 g/mol. The first kappa shape index (κ1) is 10.7. The molecule has 16 heavy (non-hydrogen) atoms. The molecule has 2 aromatic rings. The van der Waals surface area contributed by atoms with Crippen molar-refractivity contribution in [3.05, 3.63) is 45.2 Å². The van der Waals surface area contributed by atoms with Gasteiger partial charge in [-0.3, -0.25) is 4.79 Å². The second-order valence-corrected chi connectivity index (χ2v) is 3.76. The van der Waals surface area contributed by atoms with Crippen LogP contribution in [0.25, 0.3) is 0 Å². The summed E-state index contributed by atoms with van der Waals surface area (Å²) in [6.07, 6.45) is 2.94. The summed E-state index contributed by atoms with van der Waals surface area (Å²) >= 11 is 3.15. The number of halogens is 1. The quantitative estimate of drug-likeness (QED) is 0.875. The molecule has 0 atom stereocenters. The topological polar surface area (TPSA) is 83.6 Å². The van der Waals surface area contributed by atoms with E-state index in [9.17, 15) is 4.79 Å². The highest BCUT2D eigenvalue weighted by Gasteiger charge is 2.04. The molecule has 2 heterocycles. The van der Waals surface area contributed by atoms with Crippen molar-refractivity contribution >= 4 is 21.7 Å². The molecule has 0 amide bonds. The van der Waals surface area contributed by atoms with Crippen molar-refractivity contribution < 1.29 is 0 Å². The molecular formula is C9H8BrN5O. The Hall–Kier alpha value is -1.76. The van der Waals surface area contributed by atoms with E-state index in [4.69, 9.17) is 0 Å². The van der Waals surface area contributed by atoms with Gasteiger partial charge in [0.25, 0.3) is 5.56 Å². The number of rotatable bonds is 3. The molecule has 82 valence electrons. The number of nitrogens with one attached hydrogen (secondary N) is 2. The Labute approximate surface area is 99.3 Å². The number of aromatic amines is 1. The third-order valence-electron chi connectivity index (χ3n) is 1.86. The Kier molecular flexibility index (Phi) is 3.25. The number of nitrogens with zero attached hydrogens (tertiary/aromatic N) is 3. The van der Waals surface area contributed by atoms with E-state index in [1.807, 2.05) is 6.07 Å². The minimum absolute atomic E-state index is 0.225. The average molecular weight is 282 g/mol. The average Bonchev–Trinajstić information content (AvgIpc) is 2.32. The van der Waals surface area contributed by atoms with Crippen molar-refractivity contribution in [2.75, 3.05) is 5.32 Å². The molecule has 0 radical (unpaired) electrons. The van der Waals surface area contributed by atoms with Crippen LogP contribution in [0, 0.1) is 0 Å². The standard InChI is InChI=1S/C9H8BrN5O/c10-7-8(12-5-13-9(7)16)11-4-6-2-1-3-14-15-6/h1-3,5H,4H2,(H2,11,12,13,16). The zero-order chi connectivity index (χ0) is 11.4. The Morgan fingerprint density at radius 3 is 3.12 bits per heavy atom. The Balaban J connectivity index is 2.11. The van der Waals surface area contributed by atoms with E-state index in [1.165, 1.54) is 6.33 Å². The van der Waals surface area contributed by atoms with Gasteiger partial charge in [0.2, 0.25) is 0 Å². The van der Waals surface area contributed by atoms with Gasteiger partial charge in [0.1, 0.15) is 10.3 Å². The van der Waals surface area contributed by atoms with E-state index < -0.39 is 0 Å². The largest absolute Gasteiger partial charge is 0.363 e. The maximum Gasteiger partial charge on any atom is 0.267 e. The maximum atomic E-state index is 11.2. The molecule has 0 aromatic carbocycles. The number of anilines is 1. The van der Waals surface area contributed by atoms with Gasteiger partial charge < -0.3 is 10.3 Å². The normalized spacial score (nSPS) is 10.1. The molecule has 2 N–H and O–H groups in total. The lowest BCUT2D eigenvalue weighted by atomic mass is 10.4. The fraction of sp³-hybridized carbons (Fsp3) is 0.111. The van der Waals surface area contributed by atoms with Crippen LogP contribution in [-0.2, 0) is 6.54 Å². The predicted octanol–water partition coefficient (Wildman–Crippen LogP) is 0.935. The molecule has 0 aliphatic rings. The summed E-state index contributed by atoms with van der Waals surface area (Å²) in [4.78, 5) is 17.7. The van der Waals surface area contributed by atoms with E-state index in [0.29, 0.717) is 16.8 Å². The van der Waals surface area contributed by atoms with Gasteiger partial charge in [-0.05, 0) is 28.1 Å². The molecule has 2 rings (SSSR count). The van der Waals surface area contributed by atoms with E-state index in [-0.39, 0.29) is 5.56 Å². The van der Waals surface area contributed by atoms with Crippen molar-refractivity contribution in [2.45, 2.75) is 6.54 Å². The molecule has 0 aliphatic carbocycles. The molecule has 7 heteroatoms. The number of hydrogen-bond acceptors (Lipinski definition) is 5. The van der Waals surface area contributed by atoms with E-state index in [1.54, 1.807) is 12.3 Å². The summed E-state index contributed by atoms with van der Waals surface area (Å²) in [5, 5.41) is 10.6. The number of hydrogen-bond donors (Lipinski definition) is 2. The van der Waals surface area contributed by atoms with Crippen molar-refractivity contribution in [2.24, 2.45) is 0 Å². The van der Waals surface area contributed by atoms with Gasteiger partial charge >= 0.3 is 0 Å². The number of aromatic nitrogens is 4. The predicted molar refractivity (Wildman–Crippen MR) is 61.9 cm³/mol. The molecule has 0 saturated carbocycles. The Morgan fingerprint density at radius 1 is 1.50 bits per heavy atom. The van der Waals surface area contributed by atoms with Crippen LogP contribution in [0.5, 0.6) is 0 Å². The first-order chi connectivity index (χ1) is 7.77. The van der Waals surface area contributed by atoms with Crippen molar-refractivity contribution in [1.29, 1.82) is 0 Å². The first-order valence-corrected chi connectivity index (χ1v) is 5.30. The van der Waals surface area contributed by atoms with Crippen LogP contribution in [0.15, 0.2) is 33.9 Å². The Morgan fingerprint density at radius 2 is 2.38 bits per heavy atom. The van der Waals surface area contributed by atoms with Gasteiger partial charge in [-0.1, -0.05) is 0 Å². The highest BCUT2D eigenvalue weighted by molar-refractivity contribution is 9.10. The third kappa shape index (κ3) is 2.43. The van der Waals surface area contributed by atoms with Gasteiger partial charge in [0, 0.05) is 6.20 Å². The van der Waals surface area contributed by atoms with Gasteiger partial charge in [-0.2, -0.15) is 10.2 Å². The van der Waals surface area contributed by atoms with Gasteiger partial charge in [-0.25, -0.2) is 4.98 Å². The summed E-state index contributed by atoms with van der Waals surface area (Å²) in [6.45, 7) is 0.461. The van der Waals surface area contributed by atoms with Crippen LogP contribution >= 0.6 is 15.9 Å². The van der Waals surface area contributed by atoms with E-state index in [2.05, 4.69) is 41.4 Å². The minimum atomic E-state index is -0.225. The van der Waals surface area contributed by atoms with Crippen molar-refractivity contribution in [3.63, 3.8) is 0 Å². The molecule has 0 spiro atoms. The van der Waals surface area contributed by atoms with Crippen LogP contribution in [0.2, 0.25) is 0 Å². The summed E-state index contributed by atoms with van der Waals surface area (Å²) in [5.41, 5.74) is 0.549. The Bertz CT molecular complexity index is 527. The zero-order valence-electron chi connectivity index (χ0n) is 8.14. The van der Waals surface area contributed by atoms with E-state index in [0.717, 1.165) is 5.69 Å². The molecule has 0 unspecified atom stereocenters. The second-order valence-electron chi connectivity index (χ2n) is 2.96. The maximum absolute atomic E-state index is 11.2. The lowest BCUT2D eigenvalue weighted by Crippen LogP contribution is -2.12. The van der Waals surface area contributed by atoms with Crippen LogP contribution in [0.3, 0.4) is 0 Å². The van der Waals surface area contributed by atoms with Crippen molar-refractivity contribution in [3.8, 4) is 0 Å². The molecule has 0 bridgehead atoms. The van der Waals surface area contributed by atoms with Gasteiger partial charge in [-0.15, -0.1) is 0 Å². The summed E-state index contributed by atoms with van der Waals surface area (Å²) in [7, 11) is 0.